The highest BCUT2D eigenvalue weighted by atomic mass is 15.1. The van der Waals surface area contributed by atoms with Crippen LogP contribution in [0.25, 0.3) is 0 Å². The van der Waals surface area contributed by atoms with Gasteiger partial charge in [-0.05, 0) is 52.0 Å². The summed E-state index contributed by atoms with van der Waals surface area (Å²) in [5, 5.41) is 3.40. The van der Waals surface area contributed by atoms with Crippen molar-refractivity contribution in [1.82, 2.24) is 14.9 Å². The van der Waals surface area contributed by atoms with E-state index in [9.17, 15) is 0 Å². The van der Waals surface area contributed by atoms with E-state index in [0.717, 1.165) is 0 Å². The number of nitrogens with one attached hydrogen (secondary N) is 1. The molecule has 2 unspecified atom stereocenters. The molecular weight excluding hydrogens is 198 g/mol. The molecule has 0 aliphatic heterocycles. The number of aromatic nitrogens is 2. The topological polar surface area (TPSA) is 29.9 Å². The summed E-state index contributed by atoms with van der Waals surface area (Å²) in [6.07, 6.45) is 11.1. The zero-order valence-corrected chi connectivity index (χ0v) is 10.1. The van der Waals surface area contributed by atoms with Crippen LogP contribution in [0.5, 0.6) is 0 Å². The van der Waals surface area contributed by atoms with Crippen LogP contribution in [0.4, 0.5) is 0 Å². The van der Waals surface area contributed by atoms with E-state index in [4.69, 9.17) is 0 Å². The average Bonchev–Trinajstić information content (AvgIpc) is 2.94. The fraction of sp³-hybridized carbons (Fsp3) is 0.769. The van der Waals surface area contributed by atoms with E-state index in [2.05, 4.69) is 28.2 Å². The van der Waals surface area contributed by atoms with E-state index < -0.39 is 0 Å². The third-order valence-corrected chi connectivity index (χ3v) is 4.27. The zero-order valence-electron chi connectivity index (χ0n) is 10.1. The van der Waals surface area contributed by atoms with Gasteiger partial charge in [-0.1, -0.05) is 0 Å². The number of nitrogens with zero attached hydrogens (tertiary/aromatic N) is 2. The lowest BCUT2D eigenvalue weighted by Crippen LogP contribution is -2.22. The molecule has 2 aliphatic carbocycles. The Balaban J connectivity index is 1.82. The maximum Gasteiger partial charge on any atom is 0.0954 e. The molecule has 1 N–H and O–H groups in total. The molecule has 1 heterocycles. The molecule has 0 saturated heterocycles. The Morgan fingerprint density at radius 1 is 1.31 bits per heavy atom. The third-order valence-electron chi connectivity index (χ3n) is 4.27. The molecule has 0 amide bonds. The lowest BCUT2D eigenvalue weighted by molar-refractivity contribution is 0.470. The molecule has 0 radical (unpaired) electrons. The van der Waals surface area contributed by atoms with Crippen molar-refractivity contribution in [2.24, 2.45) is 0 Å². The molecular formula is C13H21N3. The molecule has 16 heavy (non-hydrogen) atoms. The summed E-state index contributed by atoms with van der Waals surface area (Å²) in [6.45, 7) is 0. The Bertz CT molecular complexity index is 369. The molecule has 0 spiro atoms. The molecule has 1 saturated carbocycles. The van der Waals surface area contributed by atoms with Crippen molar-refractivity contribution in [3.8, 4) is 0 Å². The Labute approximate surface area is 97.3 Å². The van der Waals surface area contributed by atoms with Crippen LogP contribution in [0.15, 0.2) is 6.33 Å². The van der Waals surface area contributed by atoms with Crippen LogP contribution in [0.1, 0.15) is 49.5 Å². The first-order valence-corrected chi connectivity index (χ1v) is 6.60. The van der Waals surface area contributed by atoms with Crippen molar-refractivity contribution in [2.75, 3.05) is 7.05 Å². The predicted molar refractivity (Wildman–Crippen MR) is 64.6 cm³/mol. The van der Waals surface area contributed by atoms with Crippen LogP contribution in [0.3, 0.4) is 0 Å². The first-order valence-electron chi connectivity index (χ1n) is 6.60. The number of aryl methyl sites for hydroxylation is 1. The van der Waals surface area contributed by atoms with E-state index in [-0.39, 0.29) is 0 Å². The second-order valence-electron chi connectivity index (χ2n) is 5.20. The SMILES string of the molecule is CNC1CCC(n2cnc3c2CCCC3)C1. The van der Waals surface area contributed by atoms with Crippen LogP contribution in [0.2, 0.25) is 0 Å². The molecule has 2 aliphatic rings. The maximum absolute atomic E-state index is 4.59. The molecule has 88 valence electrons. The Morgan fingerprint density at radius 2 is 2.19 bits per heavy atom. The highest BCUT2D eigenvalue weighted by Crippen LogP contribution is 2.33. The first kappa shape index (κ1) is 10.3. The van der Waals surface area contributed by atoms with E-state index in [0.29, 0.717) is 12.1 Å². The lowest BCUT2D eigenvalue weighted by atomic mass is 10.0. The minimum Gasteiger partial charge on any atom is -0.331 e. The summed E-state index contributed by atoms with van der Waals surface area (Å²) in [5.74, 6) is 0. The van der Waals surface area contributed by atoms with Crippen molar-refractivity contribution >= 4 is 0 Å². The summed E-state index contributed by atoms with van der Waals surface area (Å²) in [4.78, 5) is 4.59. The van der Waals surface area contributed by atoms with Crippen molar-refractivity contribution in [3.05, 3.63) is 17.7 Å². The standard InChI is InChI=1S/C13H21N3/c1-14-10-6-7-11(8-10)16-9-15-12-4-2-3-5-13(12)16/h9-11,14H,2-8H2,1H3. The fourth-order valence-electron chi connectivity index (χ4n) is 3.28. The van der Waals surface area contributed by atoms with Gasteiger partial charge in [-0.15, -0.1) is 0 Å². The summed E-state index contributed by atoms with van der Waals surface area (Å²) in [6, 6.07) is 1.42. The van der Waals surface area contributed by atoms with Crippen LogP contribution in [-0.2, 0) is 12.8 Å². The van der Waals surface area contributed by atoms with Gasteiger partial charge in [0.25, 0.3) is 0 Å². The van der Waals surface area contributed by atoms with Gasteiger partial charge in [-0.2, -0.15) is 0 Å². The summed E-state index contributed by atoms with van der Waals surface area (Å²) >= 11 is 0. The number of fused-ring (bicyclic) bond motifs is 1. The minimum absolute atomic E-state index is 0.701. The lowest BCUT2D eigenvalue weighted by Gasteiger charge is -2.19. The van der Waals surface area contributed by atoms with E-state index in [1.54, 1.807) is 0 Å². The van der Waals surface area contributed by atoms with Gasteiger partial charge in [0.1, 0.15) is 0 Å². The second kappa shape index (κ2) is 4.21. The molecule has 1 fully saturated rings. The van der Waals surface area contributed by atoms with Crippen molar-refractivity contribution in [1.29, 1.82) is 0 Å². The third kappa shape index (κ3) is 1.67. The van der Waals surface area contributed by atoms with Gasteiger partial charge in [0.05, 0.1) is 12.0 Å². The molecule has 3 nitrogen and oxygen atoms in total. The molecule has 1 aromatic heterocycles. The maximum atomic E-state index is 4.59. The fourth-order valence-corrected chi connectivity index (χ4v) is 3.28. The van der Waals surface area contributed by atoms with Crippen LogP contribution < -0.4 is 5.32 Å². The Morgan fingerprint density at radius 3 is 3.00 bits per heavy atom. The smallest absolute Gasteiger partial charge is 0.0954 e. The van der Waals surface area contributed by atoms with Gasteiger partial charge in [-0.25, -0.2) is 4.98 Å². The molecule has 1 aromatic rings. The highest BCUT2D eigenvalue weighted by molar-refractivity contribution is 5.17. The highest BCUT2D eigenvalue weighted by Gasteiger charge is 2.27. The van der Waals surface area contributed by atoms with Gasteiger partial charge in [0.2, 0.25) is 0 Å². The van der Waals surface area contributed by atoms with E-state index in [1.165, 1.54) is 56.3 Å². The number of imidazole rings is 1. The van der Waals surface area contributed by atoms with Gasteiger partial charge in [0, 0.05) is 17.8 Å². The molecule has 3 rings (SSSR count). The Hall–Kier alpha value is -0.830. The average molecular weight is 219 g/mol. The predicted octanol–water partition coefficient (Wildman–Crippen LogP) is 2.07. The van der Waals surface area contributed by atoms with Crippen molar-refractivity contribution in [3.63, 3.8) is 0 Å². The van der Waals surface area contributed by atoms with Gasteiger partial charge in [-0.3, -0.25) is 0 Å². The number of hydrogen-bond acceptors (Lipinski definition) is 2. The molecule has 0 aromatic carbocycles. The van der Waals surface area contributed by atoms with E-state index >= 15 is 0 Å². The normalized spacial score (nSPS) is 29.3. The first-order chi connectivity index (χ1) is 7.88. The summed E-state index contributed by atoms with van der Waals surface area (Å²) in [7, 11) is 2.08. The van der Waals surface area contributed by atoms with Gasteiger partial charge < -0.3 is 9.88 Å². The van der Waals surface area contributed by atoms with Crippen molar-refractivity contribution in [2.45, 2.75) is 57.0 Å². The summed E-state index contributed by atoms with van der Waals surface area (Å²) in [5.41, 5.74) is 2.91. The quantitative estimate of drug-likeness (QED) is 0.825. The largest absolute Gasteiger partial charge is 0.331 e. The van der Waals surface area contributed by atoms with Crippen LogP contribution in [-0.4, -0.2) is 22.6 Å². The Kier molecular flexibility index (Phi) is 2.72. The summed E-state index contributed by atoms with van der Waals surface area (Å²) < 4.78 is 2.48. The minimum atomic E-state index is 0.701. The van der Waals surface area contributed by atoms with Crippen LogP contribution in [0, 0.1) is 0 Å². The number of rotatable bonds is 2. The van der Waals surface area contributed by atoms with Gasteiger partial charge in [0.15, 0.2) is 0 Å². The van der Waals surface area contributed by atoms with E-state index in [1.807, 2.05) is 0 Å². The molecule has 3 heteroatoms. The number of hydrogen-bond donors (Lipinski definition) is 1. The molecule has 2 atom stereocenters. The van der Waals surface area contributed by atoms with Gasteiger partial charge >= 0.3 is 0 Å². The monoisotopic (exact) mass is 219 g/mol. The van der Waals surface area contributed by atoms with Crippen molar-refractivity contribution < 1.29 is 0 Å². The second-order valence-corrected chi connectivity index (χ2v) is 5.20. The molecule has 0 bridgehead atoms. The van der Waals surface area contributed by atoms with Crippen LogP contribution >= 0.6 is 0 Å². The zero-order chi connectivity index (χ0) is 11.0.